The first-order valence-electron chi connectivity index (χ1n) is 6.20. The minimum absolute atomic E-state index is 0.205. The standard InChI is InChI=1S/C12H24N2O3S/c1-9(2)7-17-6-4-5-13-12(16)11(8-18)14-10(3)15/h9,11,18H,4-8H2,1-3H3,(H,13,16)(H,14,15). The topological polar surface area (TPSA) is 67.4 Å². The monoisotopic (exact) mass is 276 g/mol. The van der Waals surface area contributed by atoms with E-state index in [1.54, 1.807) is 0 Å². The molecule has 0 aromatic rings. The van der Waals surface area contributed by atoms with Crippen molar-refractivity contribution in [1.82, 2.24) is 10.6 Å². The van der Waals surface area contributed by atoms with Crippen LogP contribution in [0.2, 0.25) is 0 Å². The normalized spacial score (nSPS) is 12.3. The predicted molar refractivity (Wildman–Crippen MR) is 74.7 cm³/mol. The zero-order chi connectivity index (χ0) is 14.0. The number of nitrogens with one attached hydrogen (secondary N) is 2. The molecule has 2 N–H and O–H groups in total. The van der Waals surface area contributed by atoms with Gasteiger partial charge in [-0.05, 0) is 12.3 Å². The van der Waals surface area contributed by atoms with Crippen LogP contribution in [0.5, 0.6) is 0 Å². The van der Waals surface area contributed by atoms with Crippen LogP contribution in [0, 0.1) is 5.92 Å². The number of ether oxygens (including phenoxy) is 1. The molecule has 1 atom stereocenters. The van der Waals surface area contributed by atoms with Gasteiger partial charge < -0.3 is 15.4 Å². The smallest absolute Gasteiger partial charge is 0.243 e. The maximum atomic E-state index is 11.6. The summed E-state index contributed by atoms with van der Waals surface area (Å²) >= 11 is 4.03. The van der Waals surface area contributed by atoms with Gasteiger partial charge in [-0.25, -0.2) is 0 Å². The Kier molecular flexibility index (Phi) is 9.77. The molecule has 0 saturated carbocycles. The average molecular weight is 276 g/mol. The summed E-state index contributed by atoms with van der Waals surface area (Å²) in [4.78, 5) is 22.5. The lowest BCUT2D eigenvalue weighted by atomic mass is 10.2. The van der Waals surface area contributed by atoms with Crippen LogP contribution in [0.4, 0.5) is 0 Å². The van der Waals surface area contributed by atoms with E-state index < -0.39 is 6.04 Å². The Hall–Kier alpha value is -0.750. The van der Waals surface area contributed by atoms with Gasteiger partial charge in [0.05, 0.1) is 0 Å². The molecule has 2 amide bonds. The van der Waals surface area contributed by atoms with Crippen molar-refractivity contribution in [3.63, 3.8) is 0 Å². The van der Waals surface area contributed by atoms with E-state index in [2.05, 4.69) is 37.1 Å². The molecule has 18 heavy (non-hydrogen) atoms. The SMILES string of the molecule is CC(=O)NC(CS)C(=O)NCCCOCC(C)C. The van der Waals surface area contributed by atoms with Crippen molar-refractivity contribution in [2.45, 2.75) is 33.2 Å². The molecule has 0 aromatic carbocycles. The Bertz CT molecular complexity index is 260. The van der Waals surface area contributed by atoms with Crippen LogP contribution in [0.25, 0.3) is 0 Å². The molecule has 6 heteroatoms. The molecule has 0 spiro atoms. The molecular weight excluding hydrogens is 252 g/mol. The molecule has 5 nitrogen and oxygen atoms in total. The number of rotatable bonds is 9. The molecule has 0 rings (SSSR count). The van der Waals surface area contributed by atoms with E-state index >= 15 is 0 Å². The lowest BCUT2D eigenvalue weighted by molar-refractivity contribution is -0.127. The summed E-state index contributed by atoms with van der Waals surface area (Å²) in [7, 11) is 0. The summed E-state index contributed by atoms with van der Waals surface area (Å²) in [5, 5.41) is 5.28. The van der Waals surface area contributed by atoms with Crippen molar-refractivity contribution in [2.24, 2.45) is 5.92 Å². The third-order valence-corrected chi connectivity index (χ3v) is 2.46. The quantitative estimate of drug-likeness (QED) is 0.427. The van der Waals surface area contributed by atoms with Crippen molar-refractivity contribution in [3.05, 3.63) is 0 Å². The summed E-state index contributed by atoms with van der Waals surface area (Å²) in [6.07, 6.45) is 0.762. The summed E-state index contributed by atoms with van der Waals surface area (Å²) in [6, 6.07) is -0.567. The molecule has 0 aromatic heterocycles. The fourth-order valence-corrected chi connectivity index (χ4v) is 1.52. The van der Waals surface area contributed by atoms with Crippen LogP contribution in [0.3, 0.4) is 0 Å². The first-order valence-corrected chi connectivity index (χ1v) is 6.84. The van der Waals surface area contributed by atoms with E-state index in [4.69, 9.17) is 4.74 Å². The van der Waals surface area contributed by atoms with E-state index in [-0.39, 0.29) is 17.6 Å². The van der Waals surface area contributed by atoms with Crippen LogP contribution in [0.15, 0.2) is 0 Å². The Balaban J connectivity index is 3.65. The van der Waals surface area contributed by atoms with Gasteiger partial charge in [0.15, 0.2) is 0 Å². The van der Waals surface area contributed by atoms with Crippen LogP contribution < -0.4 is 10.6 Å². The Labute approximate surface area is 114 Å². The molecule has 0 bridgehead atoms. The second kappa shape index (κ2) is 10.2. The van der Waals surface area contributed by atoms with Crippen LogP contribution >= 0.6 is 12.6 Å². The highest BCUT2D eigenvalue weighted by atomic mass is 32.1. The van der Waals surface area contributed by atoms with Crippen molar-refractivity contribution in [1.29, 1.82) is 0 Å². The molecule has 0 radical (unpaired) electrons. The van der Waals surface area contributed by atoms with Crippen molar-refractivity contribution in [2.75, 3.05) is 25.5 Å². The lowest BCUT2D eigenvalue weighted by Gasteiger charge is -2.15. The summed E-state index contributed by atoms with van der Waals surface area (Å²) in [6.45, 7) is 7.46. The molecular formula is C12H24N2O3S. The summed E-state index contributed by atoms with van der Waals surface area (Å²) < 4.78 is 5.39. The molecule has 0 fully saturated rings. The molecule has 0 saturated heterocycles. The number of carbonyl (C=O) groups excluding carboxylic acids is 2. The Morgan fingerprint density at radius 3 is 2.50 bits per heavy atom. The molecule has 0 aliphatic carbocycles. The fraction of sp³-hybridized carbons (Fsp3) is 0.833. The molecule has 0 heterocycles. The van der Waals surface area contributed by atoms with Gasteiger partial charge in [-0.2, -0.15) is 12.6 Å². The zero-order valence-electron chi connectivity index (χ0n) is 11.4. The second-order valence-corrected chi connectivity index (χ2v) is 4.91. The molecule has 0 aliphatic heterocycles. The molecule has 0 aliphatic rings. The number of carbonyl (C=O) groups is 2. The maximum absolute atomic E-state index is 11.6. The largest absolute Gasteiger partial charge is 0.381 e. The number of thiol groups is 1. The van der Waals surface area contributed by atoms with Crippen molar-refractivity contribution < 1.29 is 14.3 Å². The number of hydrogen-bond acceptors (Lipinski definition) is 4. The van der Waals surface area contributed by atoms with Gasteiger partial charge in [-0.3, -0.25) is 9.59 Å². The summed E-state index contributed by atoms with van der Waals surface area (Å²) in [5.74, 6) is 0.372. The van der Waals surface area contributed by atoms with E-state index in [9.17, 15) is 9.59 Å². The van der Waals surface area contributed by atoms with Crippen molar-refractivity contribution >= 4 is 24.4 Å². The molecule has 106 valence electrons. The molecule has 1 unspecified atom stereocenters. The fourth-order valence-electron chi connectivity index (χ4n) is 1.27. The maximum Gasteiger partial charge on any atom is 0.243 e. The van der Waals surface area contributed by atoms with E-state index in [0.717, 1.165) is 13.0 Å². The van der Waals surface area contributed by atoms with Gasteiger partial charge >= 0.3 is 0 Å². The lowest BCUT2D eigenvalue weighted by Crippen LogP contribution is -2.47. The van der Waals surface area contributed by atoms with Gasteiger partial charge in [0.2, 0.25) is 11.8 Å². The number of amides is 2. The van der Waals surface area contributed by atoms with Gasteiger partial charge in [-0.15, -0.1) is 0 Å². The second-order valence-electron chi connectivity index (χ2n) is 4.55. The van der Waals surface area contributed by atoms with Crippen LogP contribution in [0.1, 0.15) is 27.2 Å². The van der Waals surface area contributed by atoms with E-state index in [1.165, 1.54) is 6.92 Å². The van der Waals surface area contributed by atoms with Gasteiger partial charge in [0, 0.05) is 32.4 Å². The van der Waals surface area contributed by atoms with Crippen molar-refractivity contribution in [3.8, 4) is 0 Å². The number of hydrogen-bond donors (Lipinski definition) is 3. The highest BCUT2D eigenvalue weighted by molar-refractivity contribution is 7.80. The van der Waals surface area contributed by atoms with Gasteiger partial charge in [-0.1, -0.05) is 13.8 Å². The first kappa shape index (κ1) is 17.2. The van der Waals surface area contributed by atoms with Crippen LogP contribution in [-0.2, 0) is 14.3 Å². The first-order chi connectivity index (χ1) is 8.47. The zero-order valence-corrected chi connectivity index (χ0v) is 12.3. The minimum Gasteiger partial charge on any atom is -0.381 e. The third-order valence-electron chi connectivity index (χ3n) is 2.09. The minimum atomic E-state index is -0.567. The Morgan fingerprint density at radius 2 is 2.00 bits per heavy atom. The third kappa shape index (κ3) is 9.30. The van der Waals surface area contributed by atoms with Gasteiger partial charge in [0.1, 0.15) is 6.04 Å². The van der Waals surface area contributed by atoms with Crippen LogP contribution in [-0.4, -0.2) is 43.4 Å². The van der Waals surface area contributed by atoms with Gasteiger partial charge in [0.25, 0.3) is 0 Å². The highest BCUT2D eigenvalue weighted by Gasteiger charge is 2.16. The average Bonchev–Trinajstić information content (AvgIpc) is 2.29. The van der Waals surface area contributed by atoms with E-state index in [1.807, 2.05) is 0 Å². The Morgan fingerprint density at radius 1 is 1.33 bits per heavy atom. The predicted octanol–water partition coefficient (Wildman–Crippen LogP) is 0.600. The van der Waals surface area contributed by atoms with E-state index in [0.29, 0.717) is 19.1 Å². The summed E-state index contributed by atoms with van der Waals surface area (Å²) in [5.41, 5.74) is 0. The highest BCUT2D eigenvalue weighted by Crippen LogP contribution is 1.93.